The summed E-state index contributed by atoms with van der Waals surface area (Å²) in [6, 6.07) is 12.8. The first-order valence-corrected chi connectivity index (χ1v) is 11.8. The highest BCUT2D eigenvalue weighted by Gasteiger charge is 2.38. The van der Waals surface area contributed by atoms with E-state index in [9.17, 15) is 19.2 Å². The molecule has 0 radical (unpaired) electrons. The number of rotatable bonds is 8. The molecule has 0 saturated carbocycles. The van der Waals surface area contributed by atoms with E-state index in [0.29, 0.717) is 10.6 Å². The maximum Gasteiger partial charge on any atom is 0.352 e. The first kappa shape index (κ1) is 22.8. The Kier molecular flexibility index (Phi) is 7.69. The summed E-state index contributed by atoms with van der Waals surface area (Å²) in [4.78, 5) is 56.6. The Morgan fingerprint density at radius 1 is 1.23 bits per heavy atom. The van der Waals surface area contributed by atoms with Crippen molar-refractivity contribution in [2.24, 2.45) is 5.92 Å². The predicted molar refractivity (Wildman–Crippen MR) is 117 cm³/mol. The van der Waals surface area contributed by atoms with Crippen molar-refractivity contribution in [2.75, 3.05) is 6.54 Å². The lowest BCUT2D eigenvalue weighted by atomic mass is 10.1. The van der Waals surface area contributed by atoms with E-state index in [1.807, 2.05) is 30.3 Å². The molecule has 1 aromatic carbocycles. The Balaban J connectivity index is 1.47. The van der Waals surface area contributed by atoms with E-state index in [1.54, 1.807) is 46.8 Å². The van der Waals surface area contributed by atoms with Gasteiger partial charge in [-0.3, -0.25) is 14.4 Å². The molecule has 1 saturated heterocycles. The predicted octanol–water partition coefficient (Wildman–Crippen LogP) is 3.17. The highest BCUT2D eigenvalue weighted by Crippen LogP contribution is 2.41. The van der Waals surface area contributed by atoms with Crippen molar-refractivity contribution in [3.8, 4) is 0 Å². The van der Waals surface area contributed by atoms with Crippen LogP contribution in [0.5, 0.6) is 0 Å². The van der Waals surface area contributed by atoms with Crippen LogP contribution in [0.25, 0.3) is 0 Å². The van der Waals surface area contributed by atoms with Crippen molar-refractivity contribution in [2.45, 2.75) is 30.5 Å². The summed E-state index contributed by atoms with van der Waals surface area (Å²) in [7, 11) is 3.24. The molecule has 0 bridgehead atoms. The summed E-state index contributed by atoms with van der Waals surface area (Å²) in [5, 5.41) is 4.00. The summed E-state index contributed by atoms with van der Waals surface area (Å²) < 4.78 is 0. The van der Waals surface area contributed by atoms with Crippen LogP contribution in [0.2, 0.25) is 0 Å². The third-order valence-corrected chi connectivity index (χ3v) is 7.21. The molecular formula is C21H21N3O5S2. The molecule has 1 aliphatic rings. The van der Waals surface area contributed by atoms with Crippen molar-refractivity contribution < 1.29 is 24.0 Å². The number of imide groups is 1. The lowest BCUT2D eigenvalue weighted by molar-refractivity contribution is -0.197. The van der Waals surface area contributed by atoms with Gasteiger partial charge in [-0.15, -0.1) is 5.06 Å². The minimum absolute atomic E-state index is 0.00188. The number of nitrogens with zero attached hydrogens (tertiary/aromatic N) is 2. The lowest BCUT2D eigenvalue weighted by Crippen LogP contribution is -2.38. The van der Waals surface area contributed by atoms with Crippen LogP contribution in [0.4, 0.5) is 0 Å². The third-order valence-electron chi connectivity index (χ3n) is 4.47. The number of nitrogens with one attached hydrogen (secondary N) is 1. The zero-order chi connectivity index (χ0) is 22.4. The van der Waals surface area contributed by atoms with Crippen molar-refractivity contribution >= 4 is 45.3 Å². The highest BCUT2D eigenvalue weighted by molar-refractivity contribution is 8.76. The number of carbonyl (C=O) groups is 4. The third kappa shape index (κ3) is 6.08. The summed E-state index contributed by atoms with van der Waals surface area (Å²) in [6.45, 7) is 3.18. The van der Waals surface area contributed by atoms with Gasteiger partial charge in [0.1, 0.15) is 11.6 Å². The maximum absolute atomic E-state index is 12.3. The van der Waals surface area contributed by atoms with Crippen LogP contribution in [-0.2, 0) is 19.2 Å². The van der Waals surface area contributed by atoms with Crippen LogP contribution < -0.4 is 5.32 Å². The monoisotopic (exact) mass is 459 g/mol. The quantitative estimate of drug-likeness (QED) is 0.474. The van der Waals surface area contributed by atoms with Gasteiger partial charge in [-0.2, -0.15) is 0 Å². The van der Waals surface area contributed by atoms with Gasteiger partial charge in [-0.1, -0.05) is 35.9 Å². The topological polar surface area (TPSA) is 106 Å². The first-order chi connectivity index (χ1) is 14.8. The molecule has 1 aromatic heterocycles. The van der Waals surface area contributed by atoms with E-state index in [4.69, 9.17) is 4.84 Å². The fourth-order valence-corrected chi connectivity index (χ4v) is 4.83. The average molecular weight is 460 g/mol. The molecule has 1 N–H and O–H groups in total. The summed E-state index contributed by atoms with van der Waals surface area (Å²) in [5.41, 5.74) is 1.43. The molecule has 8 nitrogen and oxygen atoms in total. The van der Waals surface area contributed by atoms with Crippen LogP contribution in [0.3, 0.4) is 0 Å². The second kappa shape index (κ2) is 10.5. The lowest BCUT2D eigenvalue weighted by Gasteiger charge is -2.14. The van der Waals surface area contributed by atoms with E-state index in [1.165, 1.54) is 0 Å². The molecule has 1 aliphatic heterocycles. The molecule has 2 unspecified atom stereocenters. The zero-order valence-electron chi connectivity index (χ0n) is 16.9. The molecule has 10 heteroatoms. The molecule has 1 fully saturated rings. The van der Waals surface area contributed by atoms with Crippen LogP contribution >= 0.6 is 21.6 Å². The Morgan fingerprint density at radius 3 is 2.58 bits per heavy atom. The molecule has 0 spiro atoms. The Bertz CT molecular complexity index is 969. The molecule has 2 heterocycles. The van der Waals surface area contributed by atoms with Gasteiger partial charge in [0.25, 0.3) is 17.7 Å². The van der Waals surface area contributed by atoms with Crippen LogP contribution in [0.15, 0.2) is 53.7 Å². The smallest absolute Gasteiger partial charge is 0.341 e. The van der Waals surface area contributed by atoms with E-state index in [2.05, 4.69) is 17.2 Å². The van der Waals surface area contributed by atoms with E-state index in [0.717, 1.165) is 10.6 Å². The number of carbonyl (C=O) groups excluding carboxylic acids is 4. The number of benzene rings is 1. The molecular weight excluding hydrogens is 438 g/mol. The van der Waals surface area contributed by atoms with E-state index >= 15 is 0 Å². The van der Waals surface area contributed by atoms with Gasteiger partial charge >= 0.3 is 5.97 Å². The minimum atomic E-state index is -0.891. The van der Waals surface area contributed by atoms with Crippen molar-refractivity contribution in [3.05, 3.63) is 59.8 Å². The number of pyridine rings is 1. The SMILES string of the molecule is CC1CC(=O)N(OC(=O)CNC(=O)c2ccc(C(C)SSc3ccccn3)cc2)C1=O. The number of amides is 3. The number of aromatic nitrogens is 1. The Morgan fingerprint density at radius 2 is 1.97 bits per heavy atom. The molecule has 2 atom stereocenters. The summed E-state index contributed by atoms with van der Waals surface area (Å²) >= 11 is 0. The molecule has 162 valence electrons. The second-order valence-corrected chi connectivity index (χ2v) is 9.45. The normalized spacial score (nSPS) is 16.8. The fourth-order valence-electron chi connectivity index (χ4n) is 2.72. The Labute approximate surface area is 187 Å². The van der Waals surface area contributed by atoms with Crippen LogP contribution in [0, 0.1) is 5.92 Å². The van der Waals surface area contributed by atoms with Gasteiger partial charge in [0, 0.05) is 29.3 Å². The fraction of sp³-hybridized carbons (Fsp3) is 0.286. The molecule has 31 heavy (non-hydrogen) atoms. The van der Waals surface area contributed by atoms with Gasteiger partial charge in [0.2, 0.25) is 0 Å². The molecule has 0 aliphatic carbocycles. The average Bonchev–Trinajstić information content (AvgIpc) is 3.02. The van der Waals surface area contributed by atoms with Crippen molar-refractivity contribution in [1.29, 1.82) is 0 Å². The first-order valence-electron chi connectivity index (χ1n) is 9.55. The van der Waals surface area contributed by atoms with Crippen molar-refractivity contribution in [1.82, 2.24) is 15.4 Å². The van der Waals surface area contributed by atoms with E-state index in [-0.39, 0.29) is 11.7 Å². The van der Waals surface area contributed by atoms with Gasteiger partial charge in [0.05, 0.1) is 0 Å². The summed E-state index contributed by atoms with van der Waals surface area (Å²) in [5.74, 6) is -3.00. The number of hydroxylamine groups is 2. The van der Waals surface area contributed by atoms with Crippen molar-refractivity contribution in [3.63, 3.8) is 0 Å². The standard InChI is InChI=1S/C21H21N3O5S2/c1-13-11-18(25)24(21(13)28)29-19(26)12-23-20(27)16-8-6-15(7-9-16)14(2)30-31-17-5-3-4-10-22-17/h3-10,13-14H,11-12H2,1-2H3,(H,23,27). The maximum atomic E-state index is 12.3. The molecule has 3 amide bonds. The van der Waals surface area contributed by atoms with Gasteiger partial charge in [0.15, 0.2) is 0 Å². The van der Waals surface area contributed by atoms with Crippen LogP contribution in [-0.4, -0.2) is 40.3 Å². The van der Waals surface area contributed by atoms with Gasteiger partial charge in [-0.25, -0.2) is 9.78 Å². The number of hydrogen-bond donors (Lipinski definition) is 1. The highest BCUT2D eigenvalue weighted by atomic mass is 33.1. The number of hydrogen-bond acceptors (Lipinski definition) is 8. The van der Waals surface area contributed by atoms with Crippen LogP contribution in [0.1, 0.15) is 41.4 Å². The zero-order valence-corrected chi connectivity index (χ0v) is 18.6. The summed E-state index contributed by atoms with van der Waals surface area (Å²) in [6.07, 6.45) is 1.75. The largest absolute Gasteiger partial charge is 0.352 e. The molecule has 2 aromatic rings. The Hall–Kier alpha value is -2.85. The minimum Gasteiger partial charge on any atom is -0.341 e. The van der Waals surface area contributed by atoms with Gasteiger partial charge < -0.3 is 10.2 Å². The van der Waals surface area contributed by atoms with Gasteiger partial charge in [-0.05, 0) is 47.5 Å². The second-order valence-electron chi connectivity index (χ2n) is 6.89. The molecule has 3 rings (SSSR count). The van der Waals surface area contributed by atoms with E-state index < -0.39 is 36.2 Å².